The molecule has 0 bridgehead atoms. The van der Waals surface area contributed by atoms with Crippen molar-refractivity contribution >= 4 is 11.7 Å². The lowest BCUT2D eigenvalue weighted by Crippen LogP contribution is -2.10. The molecule has 0 spiro atoms. The summed E-state index contributed by atoms with van der Waals surface area (Å²) in [6.07, 6.45) is 1.75. The number of ether oxygens (including phenoxy) is 1. The minimum Gasteiger partial charge on any atom is -0.733 e. The molecule has 0 saturated heterocycles. The van der Waals surface area contributed by atoms with E-state index in [-0.39, 0.29) is 16.5 Å². The quantitative estimate of drug-likeness (QED) is 0.472. The predicted molar refractivity (Wildman–Crippen MR) is 59.3 cm³/mol. The zero-order chi connectivity index (χ0) is 12.0. The van der Waals surface area contributed by atoms with Gasteiger partial charge in [-0.15, -0.1) is 0 Å². The standard InChI is InChI=1S/C11H14NO4/c1-2-3-7-16-11(13)9-5-4-6-10(8-9)12(14)15/h4-6,8,14H,2-3,7H2,1H3/q-1. The Morgan fingerprint density at radius 3 is 2.94 bits per heavy atom. The van der Waals surface area contributed by atoms with Crippen molar-refractivity contribution in [1.82, 2.24) is 0 Å². The molecule has 1 N–H and O–H groups in total. The molecule has 0 aliphatic rings. The second-order valence-electron chi connectivity index (χ2n) is 3.31. The van der Waals surface area contributed by atoms with Crippen LogP contribution in [0.15, 0.2) is 24.3 Å². The maximum Gasteiger partial charge on any atom is 0.338 e. The Kier molecular flexibility index (Phi) is 4.75. The van der Waals surface area contributed by atoms with E-state index in [0.717, 1.165) is 12.8 Å². The Morgan fingerprint density at radius 1 is 1.56 bits per heavy atom. The van der Waals surface area contributed by atoms with E-state index in [2.05, 4.69) is 0 Å². The summed E-state index contributed by atoms with van der Waals surface area (Å²) in [5, 5.41) is 19.0. The molecule has 1 rings (SSSR count). The third-order valence-corrected chi connectivity index (χ3v) is 2.03. The number of rotatable bonds is 5. The Labute approximate surface area is 93.8 Å². The zero-order valence-electron chi connectivity index (χ0n) is 9.05. The average molecular weight is 224 g/mol. The molecule has 1 aromatic carbocycles. The van der Waals surface area contributed by atoms with Gasteiger partial charge in [-0.1, -0.05) is 19.4 Å². The lowest BCUT2D eigenvalue weighted by Gasteiger charge is -2.21. The number of hydrogen-bond donors (Lipinski definition) is 1. The van der Waals surface area contributed by atoms with E-state index in [1.54, 1.807) is 0 Å². The minimum atomic E-state index is -0.489. The molecule has 0 atom stereocenters. The number of carbonyl (C=O) groups is 1. The molecule has 5 nitrogen and oxygen atoms in total. The van der Waals surface area contributed by atoms with E-state index in [9.17, 15) is 10.0 Å². The van der Waals surface area contributed by atoms with Gasteiger partial charge in [-0.05, 0) is 24.6 Å². The minimum absolute atomic E-state index is 0.00458. The van der Waals surface area contributed by atoms with E-state index < -0.39 is 5.97 Å². The molecular formula is C11H14NO4-. The van der Waals surface area contributed by atoms with Crippen molar-refractivity contribution in [2.75, 3.05) is 11.8 Å². The second-order valence-corrected chi connectivity index (χ2v) is 3.31. The van der Waals surface area contributed by atoms with Crippen molar-refractivity contribution in [2.45, 2.75) is 19.8 Å². The first-order valence-electron chi connectivity index (χ1n) is 5.08. The number of anilines is 1. The number of nitrogens with zero attached hydrogens (tertiary/aromatic N) is 1. The van der Waals surface area contributed by atoms with Crippen LogP contribution in [-0.4, -0.2) is 17.8 Å². The van der Waals surface area contributed by atoms with Crippen molar-refractivity contribution in [1.29, 1.82) is 0 Å². The van der Waals surface area contributed by atoms with Crippen LogP contribution in [0.1, 0.15) is 30.1 Å². The number of esters is 1. The van der Waals surface area contributed by atoms with E-state index in [0.29, 0.717) is 6.61 Å². The third-order valence-electron chi connectivity index (χ3n) is 2.03. The van der Waals surface area contributed by atoms with Crippen molar-refractivity contribution in [3.8, 4) is 0 Å². The van der Waals surface area contributed by atoms with Crippen LogP contribution in [0.4, 0.5) is 5.69 Å². The molecule has 88 valence electrons. The molecule has 16 heavy (non-hydrogen) atoms. The second kappa shape index (κ2) is 6.09. The fourth-order valence-corrected chi connectivity index (χ4v) is 1.14. The van der Waals surface area contributed by atoms with Crippen molar-refractivity contribution in [2.24, 2.45) is 0 Å². The van der Waals surface area contributed by atoms with Gasteiger partial charge in [-0.25, -0.2) is 4.79 Å². The summed E-state index contributed by atoms with van der Waals surface area (Å²) in [5.74, 6) is -0.489. The summed E-state index contributed by atoms with van der Waals surface area (Å²) in [5.41, 5.74) is 0.258. The zero-order valence-corrected chi connectivity index (χ0v) is 9.05. The van der Waals surface area contributed by atoms with Crippen LogP contribution in [0.5, 0.6) is 0 Å². The largest absolute Gasteiger partial charge is 0.733 e. The Balaban J connectivity index is 2.64. The highest BCUT2D eigenvalue weighted by atomic mass is 16.8. The van der Waals surface area contributed by atoms with Gasteiger partial charge < -0.3 is 15.2 Å². The lowest BCUT2D eigenvalue weighted by atomic mass is 10.2. The molecule has 0 fully saturated rings. The highest BCUT2D eigenvalue weighted by Gasteiger charge is 2.07. The fraction of sp³-hybridized carbons (Fsp3) is 0.364. The molecule has 0 amide bonds. The van der Waals surface area contributed by atoms with Crippen LogP contribution < -0.4 is 5.23 Å². The average Bonchev–Trinajstić information content (AvgIpc) is 2.29. The summed E-state index contributed by atoms with van der Waals surface area (Å²) in [7, 11) is 0. The summed E-state index contributed by atoms with van der Waals surface area (Å²) >= 11 is 0. The van der Waals surface area contributed by atoms with E-state index in [1.165, 1.54) is 24.3 Å². The van der Waals surface area contributed by atoms with Gasteiger partial charge in [0, 0.05) is 0 Å². The first kappa shape index (κ1) is 12.5. The first-order valence-corrected chi connectivity index (χ1v) is 5.08. The van der Waals surface area contributed by atoms with Gasteiger partial charge >= 0.3 is 5.97 Å². The fourth-order valence-electron chi connectivity index (χ4n) is 1.14. The van der Waals surface area contributed by atoms with Crippen molar-refractivity contribution in [3.05, 3.63) is 35.0 Å². The SMILES string of the molecule is CCCCOC(=O)c1cccc(N([O-])O)c1. The smallest absolute Gasteiger partial charge is 0.338 e. The number of unbranched alkanes of at least 4 members (excludes halogenated alkanes) is 1. The van der Waals surface area contributed by atoms with Crippen LogP contribution in [0.2, 0.25) is 0 Å². The number of hydrogen-bond acceptors (Lipinski definition) is 5. The number of benzene rings is 1. The Morgan fingerprint density at radius 2 is 2.31 bits per heavy atom. The molecule has 0 aliphatic carbocycles. The third kappa shape index (κ3) is 3.52. The highest BCUT2D eigenvalue weighted by Crippen LogP contribution is 2.14. The van der Waals surface area contributed by atoms with Crippen LogP contribution in [0.25, 0.3) is 0 Å². The van der Waals surface area contributed by atoms with Gasteiger partial charge in [0.15, 0.2) is 0 Å². The lowest BCUT2D eigenvalue weighted by molar-refractivity contribution is 0.0500. The van der Waals surface area contributed by atoms with Crippen LogP contribution in [0, 0.1) is 5.21 Å². The van der Waals surface area contributed by atoms with Crippen molar-refractivity contribution in [3.63, 3.8) is 0 Å². The van der Waals surface area contributed by atoms with Gasteiger partial charge in [-0.2, -0.15) is 0 Å². The van der Waals surface area contributed by atoms with E-state index in [4.69, 9.17) is 9.94 Å². The summed E-state index contributed by atoms with van der Waals surface area (Å²) in [6, 6.07) is 5.71. The predicted octanol–water partition coefficient (Wildman–Crippen LogP) is 2.34. The van der Waals surface area contributed by atoms with Gasteiger partial charge in [-0.3, -0.25) is 5.21 Å². The first-order chi connectivity index (χ1) is 7.65. The topological polar surface area (TPSA) is 72.8 Å². The maximum atomic E-state index is 11.5. The number of carbonyl (C=O) groups excluding carboxylic acids is 1. The van der Waals surface area contributed by atoms with Gasteiger partial charge in [0.25, 0.3) is 0 Å². The molecule has 0 aromatic heterocycles. The summed E-state index contributed by atoms with van der Waals surface area (Å²) in [6.45, 7) is 2.36. The highest BCUT2D eigenvalue weighted by molar-refractivity contribution is 5.90. The van der Waals surface area contributed by atoms with E-state index in [1.807, 2.05) is 6.92 Å². The summed E-state index contributed by atoms with van der Waals surface area (Å²) < 4.78 is 4.96. The van der Waals surface area contributed by atoms with Crippen LogP contribution >= 0.6 is 0 Å². The molecular weight excluding hydrogens is 210 g/mol. The van der Waals surface area contributed by atoms with E-state index >= 15 is 0 Å². The molecule has 0 aliphatic heterocycles. The summed E-state index contributed by atoms with van der Waals surface area (Å²) in [4.78, 5) is 11.5. The molecule has 1 aromatic rings. The van der Waals surface area contributed by atoms with Gasteiger partial charge in [0.1, 0.15) is 0 Å². The molecule has 0 radical (unpaired) electrons. The van der Waals surface area contributed by atoms with Gasteiger partial charge in [0.2, 0.25) is 0 Å². The van der Waals surface area contributed by atoms with Crippen LogP contribution in [-0.2, 0) is 4.74 Å². The van der Waals surface area contributed by atoms with Crippen LogP contribution in [0.3, 0.4) is 0 Å². The normalized spacial score (nSPS) is 9.94. The van der Waals surface area contributed by atoms with Crippen molar-refractivity contribution < 1.29 is 14.7 Å². The molecule has 0 saturated carbocycles. The Hall–Kier alpha value is -1.59. The molecule has 0 unspecified atom stereocenters. The maximum absolute atomic E-state index is 11.5. The Bertz CT molecular complexity index is 352. The molecule has 0 heterocycles. The molecule has 5 heteroatoms. The van der Waals surface area contributed by atoms with Gasteiger partial charge in [0.05, 0.1) is 17.9 Å². The monoisotopic (exact) mass is 224 g/mol.